The molecule has 1 fully saturated rings. The molecule has 2 N–H and O–H groups in total. The zero-order valence-electron chi connectivity index (χ0n) is 24.7. The van der Waals surface area contributed by atoms with Crippen LogP contribution in [-0.4, -0.2) is 51.6 Å². The van der Waals surface area contributed by atoms with E-state index in [-0.39, 0.29) is 17.7 Å². The maximum Gasteiger partial charge on any atom is 0.253 e. The minimum absolute atomic E-state index is 0.0227. The van der Waals surface area contributed by atoms with Gasteiger partial charge in [0.25, 0.3) is 5.91 Å². The van der Waals surface area contributed by atoms with Gasteiger partial charge in [0.05, 0.1) is 18.4 Å². The molecule has 2 amide bonds. The number of carbonyl (C=O) groups is 2. The molecule has 0 bridgehead atoms. The molecule has 1 aliphatic heterocycles. The second-order valence-corrected chi connectivity index (χ2v) is 10.6. The zero-order valence-corrected chi connectivity index (χ0v) is 24.7. The zero-order chi connectivity index (χ0) is 29.0. The first-order valence-electron chi connectivity index (χ1n) is 14.9. The Labute approximate surface area is 244 Å². The Morgan fingerprint density at radius 2 is 1.56 bits per heavy atom. The molecule has 7 heteroatoms. The van der Waals surface area contributed by atoms with Gasteiger partial charge >= 0.3 is 0 Å². The first-order chi connectivity index (χ1) is 20.0. The van der Waals surface area contributed by atoms with Gasteiger partial charge in [0.15, 0.2) is 0 Å². The summed E-state index contributed by atoms with van der Waals surface area (Å²) in [5, 5.41) is 6.20. The molecule has 0 aromatic heterocycles. The van der Waals surface area contributed by atoms with Gasteiger partial charge in [-0.15, -0.1) is 0 Å². The Bertz CT molecular complexity index is 1270. The van der Waals surface area contributed by atoms with Crippen molar-refractivity contribution in [2.75, 3.05) is 55.0 Å². The summed E-state index contributed by atoms with van der Waals surface area (Å²) in [5.74, 6) is 0.733. The minimum atomic E-state index is -0.128. The largest absolute Gasteiger partial charge is 0.495 e. The lowest BCUT2D eigenvalue weighted by molar-refractivity contribution is -0.120. The number of hydrogen-bond donors (Lipinski definition) is 2. The molecular formula is C34H44N4O3. The molecule has 1 aliphatic rings. The molecular weight excluding hydrogens is 512 g/mol. The fourth-order valence-corrected chi connectivity index (χ4v) is 5.43. The maximum absolute atomic E-state index is 13.6. The van der Waals surface area contributed by atoms with Gasteiger partial charge in [0.2, 0.25) is 5.91 Å². The number of para-hydroxylation sites is 2. The number of methoxy groups -OCH3 is 1. The van der Waals surface area contributed by atoms with Crippen molar-refractivity contribution in [3.63, 3.8) is 0 Å². The minimum Gasteiger partial charge on any atom is -0.495 e. The smallest absolute Gasteiger partial charge is 0.253 e. The Balaban J connectivity index is 1.50. The highest BCUT2D eigenvalue weighted by molar-refractivity contribution is 6.02. The Hall–Kier alpha value is -4.00. The topological polar surface area (TPSA) is 73.9 Å². The van der Waals surface area contributed by atoms with Gasteiger partial charge in [-0.2, -0.15) is 0 Å². The summed E-state index contributed by atoms with van der Waals surface area (Å²) in [6, 6.07) is 24.0. The van der Waals surface area contributed by atoms with Crippen molar-refractivity contribution in [1.29, 1.82) is 0 Å². The number of amides is 2. The van der Waals surface area contributed by atoms with Gasteiger partial charge in [-0.1, -0.05) is 69.2 Å². The Kier molecular flexibility index (Phi) is 11.1. The van der Waals surface area contributed by atoms with Gasteiger partial charge in [-0.25, -0.2) is 0 Å². The molecule has 218 valence electrons. The predicted octanol–water partition coefficient (Wildman–Crippen LogP) is 6.15. The number of hydrogen-bond acceptors (Lipinski definition) is 5. The van der Waals surface area contributed by atoms with Crippen molar-refractivity contribution in [2.45, 2.75) is 46.0 Å². The van der Waals surface area contributed by atoms with Crippen LogP contribution in [0.2, 0.25) is 0 Å². The van der Waals surface area contributed by atoms with Crippen LogP contribution in [0.15, 0.2) is 72.8 Å². The number of piperazine rings is 1. The van der Waals surface area contributed by atoms with Crippen LogP contribution in [-0.2, 0) is 11.2 Å². The molecule has 4 rings (SSSR count). The molecule has 0 aliphatic carbocycles. The molecule has 1 saturated heterocycles. The van der Waals surface area contributed by atoms with Crippen LogP contribution in [0.25, 0.3) is 0 Å². The summed E-state index contributed by atoms with van der Waals surface area (Å²) >= 11 is 0. The summed E-state index contributed by atoms with van der Waals surface area (Å²) in [7, 11) is 1.70. The van der Waals surface area contributed by atoms with E-state index >= 15 is 0 Å². The summed E-state index contributed by atoms with van der Waals surface area (Å²) in [6.07, 6.45) is 4.52. The van der Waals surface area contributed by atoms with Crippen molar-refractivity contribution >= 4 is 28.9 Å². The van der Waals surface area contributed by atoms with E-state index in [4.69, 9.17) is 4.74 Å². The first kappa shape index (κ1) is 30.0. The Morgan fingerprint density at radius 3 is 2.24 bits per heavy atom. The first-order valence-corrected chi connectivity index (χ1v) is 14.9. The fraction of sp³-hybridized carbons (Fsp3) is 0.412. The average Bonchev–Trinajstić information content (AvgIpc) is 3.02. The van der Waals surface area contributed by atoms with Gasteiger partial charge < -0.3 is 25.2 Å². The average molecular weight is 557 g/mol. The molecule has 0 spiro atoms. The number of unbranched alkanes of at least 4 members (excludes halogenated alkanes) is 1. The van der Waals surface area contributed by atoms with Crippen LogP contribution >= 0.6 is 0 Å². The second-order valence-electron chi connectivity index (χ2n) is 10.6. The number of nitrogens with zero attached hydrogens (tertiary/aromatic N) is 2. The van der Waals surface area contributed by atoms with E-state index in [9.17, 15) is 9.59 Å². The molecule has 1 heterocycles. The van der Waals surface area contributed by atoms with Crippen molar-refractivity contribution in [3.05, 3.63) is 83.9 Å². The number of carbonyl (C=O) groups excluding carboxylic acids is 2. The molecule has 1 unspecified atom stereocenters. The van der Waals surface area contributed by atoms with Gasteiger partial charge in [-0.3, -0.25) is 9.59 Å². The second kappa shape index (κ2) is 15.1. The van der Waals surface area contributed by atoms with Crippen LogP contribution in [0.1, 0.15) is 55.5 Å². The number of anilines is 3. The van der Waals surface area contributed by atoms with Crippen molar-refractivity contribution < 1.29 is 14.3 Å². The van der Waals surface area contributed by atoms with Crippen molar-refractivity contribution in [3.8, 4) is 5.75 Å². The summed E-state index contributed by atoms with van der Waals surface area (Å²) in [6.45, 7) is 7.88. The maximum atomic E-state index is 13.6. The van der Waals surface area contributed by atoms with E-state index in [1.807, 2.05) is 54.6 Å². The number of ether oxygens (including phenoxy) is 1. The predicted molar refractivity (Wildman–Crippen MR) is 168 cm³/mol. The van der Waals surface area contributed by atoms with E-state index in [1.54, 1.807) is 7.11 Å². The lowest BCUT2D eigenvalue weighted by atomic mass is 9.98. The highest BCUT2D eigenvalue weighted by Gasteiger charge is 2.24. The third-order valence-electron chi connectivity index (χ3n) is 7.87. The summed E-state index contributed by atoms with van der Waals surface area (Å²) in [4.78, 5) is 31.2. The summed E-state index contributed by atoms with van der Waals surface area (Å²) < 4.78 is 5.58. The lowest BCUT2D eigenvalue weighted by Gasteiger charge is -2.38. The molecule has 41 heavy (non-hydrogen) atoms. The van der Waals surface area contributed by atoms with E-state index < -0.39 is 0 Å². The van der Waals surface area contributed by atoms with Gasteiger partial charge in [0.1, 0.15) is 5.75 Å². The van der Waals surface area contributed by atoms with Crippen LogP contribution < -0.4 is 25.2 Å². The monoisotopic (exact) mass is 556 g/mol. The van der Waals surface area contributed by atoms with Gasteiger partial charge in [0, 0.05) is 50.0 Å². The Morgan fingerprint density at radius 1 is 0.878 bits per heavy atom. The van der Waals surface area contributed by atoms with Crippen molar-refractivity contribution in [1.82, 2.24) is 5.32 Å². The molecule has 3 aromatic rings. The van der Waals surface area contributed by atoms with Crippen LogP contribution in [0.3, 0.4) is 0 Å². The standard InChI is InChI=1S/C34H44N4O3/c1-4-6-14-27(5-2)33(39)36-28-17-18-30(29(25-28)34(40)35-20-19-26-12-8-7-9-13-26)37-21-23-38(24-22-37)31-15-10-11-16-32(31)41-3/h7-13,15-18,25,27H,4-6,14,19-24H2,1-3H3,(H,35,40)(H,36,39). The lowest BCUT2D eigenvalue weighted by Crippen LogP contribution is -2.47. The summed E-state index contributed by atoms with van der Waals surface area (Å²) in [5.41, 5.74) is 4.40. The normalized spacial score (nSPS) is 13.9. The van der Waals surface area contributed by atoms with Crippen molar-refractivity contribution in [2.24, 2.45) is 5.92 Å². The molecule has 1 atom stereocenters. The molecule has 3 aromatic carbocycles. The van der Waals surface area contributed by atoms with E-state index in [0.717, 1.165) is 75.4 Å². The number of rotatable bonds is 13. The molecule has 7 nitrogen and oxygen atoms in total. The van der Waals surface area contributed by atoms with Crippen LogP contribution in [0.5, 0.6) is 5.75 Å². The fourth-order valence-electron chi connectivity index (χ4n) is 5.43. The van der Waals surface area contributed by atoms with E-state index in [0.29, 0.717) is 17.8 Å². The number of nitrogens with one attached hydrogen (secondary N) is 2. The van der Waals surface area contributed by atoms with Crippen LogP contribution in [0, 0.1) is 5.92 Å². The van der Waals surface area contributed by atoms with Gasteiger partial charge in [-0.05, 0) is 55.2 Å². The SMILES string of the molecule is CCCCC(CC)C(=O)Nc1ccc(N2CCN(c3ccccc3OC)CC2)c(C(=O)NCCc2ccccc2)c1. The third-order valence-corrected chi connectivity index (χ3v) is 7.87. The molecule has 0 radical (unpaired) electrons. The quantitative estimate of drug-likeness (QED) is 0.264. The van der Waals surface area contributed by atoms with Crippen LogP contribution in [0.4, 0.5) is 17.1 Å². The molecule has 0 saturated carbocycles. The van der Waals surface area contributed by atoms with E-state index in [1.165, 1.54) is 5.56 Å². The highest BCUT2D eigenvalue weighted by Crippen LogP contribution is 2.31. The number of benzene rings is 3. The highest BCUT2D eigenvalue weighted by atomic mass is 16.5. The third kappa shape index (κ3) is 8.03. The van der Waals surface area contributed by atoms with E-state index in [2.05, 4.69) is 52.5 Å².